The van der Waals surface area contributed by atoms with Crippen LogP contribution in [-0.4, -0.2) is 43.9 Å². The fourth-order valence-corrected chi connectivity index (χ4v) is 6.06. The lowest BCUT2D eigenvalue weighted by Crippen LogP contribution is -2.48. The number of benzene rings is 2. The number of rotatable bonds is 5. The molecule has 0 amide bonds. The summed E-state index contributed by atoms with van der Waals surface area (Å²) in [7, 11) is -3.60. The van der Waals surface area contributed by atoms with Crippen LogP contribution in [0.15, 0.2) is 52.7 Å². The zero-order chi connectivity index (χ0) is 21.3. The van der Waals surface area contributed by atoms with E-state index in [0.717, 1.165) is 22.8 Å². The first kappa shape index (κ1) is 21.6. The van der Waals surface area contributed by atoms with Crippen LogP contribution in [0.5, 0.6) is 0 Å². The normalized spacial score (nSPS) is 15.5. The van der Waals surface area contributed by atoms with E-state index in [1.54, 1.807) is 11.3 Å². The highest BCUT2D eigenvalue weighted by atomic mass is 35.5. The number of anilines is 1. The largest absolute Gasteiger partial charge is 0.345 e. The van der Waals surface area contributed by atoms with Crippen LogP contribution in [0, 0.1) is 0 Å². The molecule has 1 aliphatic heterocycles. The Bertz CT molecular complexity index is 1140. The average molecular weight is 482 g/mol. The van der Waals surface area contributed by atoms with E-state index in [9.17, 15) is 8.42 Å². The molecule has 0 N–H and O–H groups in total. The van der Waals surface area contributed by atoms with E-state index in [2.05, 4.69) is 41.5 Å². The van der Waals surface area contributed by atoms with Crippen LogP contribution in [-0.2, 0) is 16.4 Å². The Morgan fingerprint density at radius 2 is 1.70 bits per heavy atom. The minimum atomic E-state index is -3.60. The van der Waals surface area contributed by atoms with Crippen LogP contribution in [0.1, 0.15) is 12.5 Å². The van der Waals surface area contributed by atoms with Crippen molar-refractivity contribution in [3.63, 3.8) is 0 Å². The molecule has 4 rings (SSSR count). The van der Waals surface area contributed by atoms with Gasteiger partial charge in [0, 0.05) is 37.1 Å². The molecule has 5 nitrogen and oxygen atoms in total. The molecule has 2 heterocycles. The molecule has 0 saturated carbocycles. The van der Waals surface area contributed by atoms with Crippen molar-refractivity contribution in [3.8, 4) is 11.3 Å². The number of piperazine rings is 1. The van der Waals surface area contributed by atoms with Crippen molar-refractivity contribution in [3.05, 3.63) is 63.5 Å². The third-order valence-corrected chi connectivity index (χ3v) is 8.72. The van der Waals surface area contributed by atoms with E-state index >= 15 is 0 Å². The monoisotopic (exact) mass is 481 g/mol. The Kier molecular flexibility index (Phi) is 6.36. The van der Waals surface area contributed by atoms with Gasteiger partial charge in [0.1, 0.15) is 0 Å². The van der Waals surface area contributed by atoms with Gasteiger partial charge >= 0.3 is 0 Å². The number of nitrogens with zero attached hydrogens (tertiary/aromatic N) is 3. The Morgan fingerprint density at radius 3 is 2.33 bits per heavy atom. The Labute approximate surface area is 190 Å². The van der Waals surface area contributed by atoms with Gasteiger partial charge in [-0.1, -0.05) is 54.4 Å². The molecule has 1 saturated heterocycles. The van der Waals surface area contributed by atoms with Crippen molar-refractivity contribution in [1.82, 2.24) is 9.29 Å². The molecule has 30 heavy (non-hydrogen) atoms. The number of aryl methyl sites for hydroxylation is 1. The summed E-state index contributed by atoms with van der Waals surface area (Å²) < 4.78 is 27.3. The van der Waals surface area contributed by atoms with Crippen LogP contribution < -0.4 is 4.90 Å². The van der Waals surface area contributed by atoms with Gasteiger partial charge in [-0.25, -0.2) is 13.4 Å². The van der Waals surface area contributed by atoms with Gasteiger partial charge in [-0.15, -0.1) is 11.3 Å². The standard InChI is InChI=1S/C21H21Cl2N3O2S2/c1-2-15-3-5-16(6-4-15)20-14-29-21(24-20)25-9-11-26(12-10-25)30(27,28)17-7-8-18(22)19(23)13-17/h3-8,13-14H,2,9-12H2,1H3. The number of hydrogen-bond acceptors (Lipinski definition) is 5. The van der Waals surface area contributed by atoms with Crippen LogP contribution >= 0.6 is 34.5 Å². The summed E-state index contributed by atoms with van der Waals surface area (Å²) in [6.45, 7) is 4.09. The van der Waals surface area contributed by atoms with Crippen molar-refractivity contribution < 1.29 is 8.42 Å². The van der Waals surface area contributed by atoms with E-state index in [0.29, 0.717) is 31.2 Å². The second-order valence-corrected chi connectivity index (χ2v) is 10.6. The van der Waals surface area contributed by atoms with Gasteiger partial charge in [0.2, 0.25) is 10.0 Å². The van der Waals surface area contributed by atoms with E-state index in [1.807, 2.05) is 0 Å². The summed E-state index contributed by atoms with van der Waals surface area (Å²) in [5.74, 6) is 0. The molecule has 3 aromatic rings. The molecule has 0 bridgehead atoms. The molecule has 1 fully saturated rings. The predicted molar refractivity (Wildman–Crippen MR) is 124 cm³/mol. The fraction of sp³-hybridized carbons (Fsp3) is 0.286. The van der Waals surface area contributed by atoms with Gasteiger partial charge in [-0.3, -0.25) is 0 Å². The Morgan fingerprint density at radius 1 is 1.00 bits per heavy atom. The second-order valence-electron chi connectivity index (χ2n) is 7.03. The first-order chi connectivity index (χ1) is 14.4. The van der Waals surface area contributed by atoms with Crippen molar-refractivity contribution in [2.75, 3.05) is 31.1 Å². The highest BCUT2D eigenvalue weighted by molar-refractivity contribution is 7.89. The predicted octanol–water partition coefficient (Wildman–Crippen LogP) is 5.19. The molecule has 2 aromatic carbocycles. The van der Waals surface area contributed by atoms with Gasteiger partial charge in [-0.05, 0) is 30.2 Å². The van der Waals surface area contributed by atoms with Crippen LogP contribution in [0.3, 0.4) is 0 Å². The molecule has 0 atom stereocenters. The summed E-state index contributed by atoms with van der Waals surface area (Å²) >= 11 is 13.5. The van der Waals surface area contributed by atoms with Crippen LogP contribution in [0.2, 0.25) is 10.0 Å². The summed E-state index contributed by atoms with van der Waals surface area (Å²) in [6, 6.07) is 12.9. The minimum absolute atomic E-state index is 0.164. The zero-order valence-corrected chi connectivity index (χ0v) is 19.5. The molecule has 0 spiro atoms. The van der Waals surface area contributed by atoms with E-state index in [4.69, 9.17) is 28.2 Å². The highest BCUT2D eigenvalue weighted by Gasteiger charge is 2.29. The summed E-state index contributed by atoms with van der Waals surface area (Å²) in [5, 5.41) is 3.54. The number of halogens is 2. The van der Waals surface area contributed by atoms with Gasteiger partial charge in [0.25, 0.3) is 0 Å². The zero-order valence-electron chi connectivity index (χ0n) is 16.4. The van der Waals surface area contributed by atoms with E-state index in [-0.39, 0.29) is 9.92 Å². The highest BCUT2D eigenvalue weighted by Crippen LogP contribution is 2.30. The minimum Gasteiger partial charge on any atom is -0.345 e. The molecular formula is C21H21Cl2N3O2S2. The number of thiazole rings is 1. The average Bonchev–Trinajstić information content (AvgIpc) is 3.26. The molecule has 1 aromatic heterocycles. The number of aromatic nitrogens is 1. The van der Waals surface area contributed by atoms with Gasteiger partial charge in [-0.2, -0.15) is 4.31 Å². The molecule has 0 radical (unpaired) electrons. The number of hydrogen-bond donors (Lipinski definition) is 0. The third kappa shape index (κ3) is 4.36. The molecule has 158 valence electrons. The topological polar surface area (TPSA) is 53.5 Å². The Balaban J connectivity index is 1.44. The lowest BCUT2D eigenvalue weighted by atomic mass is 10.1. The molecule has 9 heteroatoms. The Hall–Kier alpha value is -1.64. The van der Waals surface area contributed by atoms with Crippen LogP contribution in [0.25, 0.3) is 11.3 Å². The van der Waals surface area contributed by atoms with Gasteiger partial charge in [0.15, 0.2) is 5.13 Å². The molecule has 1 aliphatic rings. The fourth-order valence-electron chi connectivity index (χ4n) is 3.36. The van der Waals surface area contributed by atoms with Gasteiger partial charge in [0.05, 0.1) is 20.6 Å². The van der Waals surface area contributed by atoms with Crippen molar-refractivity contribution in [2.24, 2.45) is 0 Å². The van der Waals surface area contributed by atoms with Gasteiger partial charge < -0.3 is 4.90 Å². The SMILES string of the molecule is CCc1ccc(-c2csc(N3CCN(S(=O)(=O)c4ccc(Cl)c(Cl)c4)CC3)n2)cc1. The van der Waals surface area contributed by atoms with Crippen molar-refractivity contribution in [2.45, 2.75) is 18.2 Å². The third-order valence-electron chi connectivity index (χ3n) is 5.19. The maximum Gasteiger partial charge on any atom is 0.243 e. The summed E-state index contributed by atoms with van der Waals surface area (Å²) in [4.78, 5) is 7.07. The smallest absolute Gasteiger partial charge is 0.243 e. The van der Waals surface area contributed by atoms with Crippen molar-refractivity contribution >= 4 is 49.7 Å². The molecule has 0 aliphatic carbocycles. The first-order valence-corrected chi connectivity index (χ1v) is 12.7. The quantitative estimate of drug-likeness (QED) is 0.502. The van der Waals surface area contributed by atoms with E-state index < -0.39 is 10.0 Å². The molecular weight excluding hydrogens is 461 g/mol. The maximum atomic E-state index is 12.9. The number of sulfonamides is 1. The summed E-state index contributed by atoms with van der Waals surface area (Å²) in [6.07, 6.45) is 1.01. The summed E-state index contributed by atoms with van der Waals surface area (Å²) in [5.41, 5.74) is 3.34. The lowest BCUT2D eigenvalue weighted by molar-refractivity contribution is 0.385. The lowest BCUT2D eigenvalue weighted by Gasteiger charge is -2.33. The van der Waals surface area contributed by atoms with E-state index in [1.165, 1.54) is 28.1 Å². The van der Waals surface area contributed by atoms with Crippen LogP contribution in [0.4, 0.5) is 5.13 Å². The molecule has 0 unspecified atom stereocenters. The maximum absolute atomic E-state index is 12.9. The first-order valence-electron chi connectivity index (χ1n) is 9.63. The van der Waals surface area contributed by atoms with Crippen molar-refractivity contribution in [1.29, 1.82) is 0 Å². The second kappa shape index (κ2) is 8.85.